The van der Waals surface area contributed by atoms with Gasteiger partial charge in [-0.05, 0) is 63.1 Å². The van der Waals surface area contributed by atoms with Crippen LogP contribution in [0.2, 0.25) is 0 Å². The van der Waals surface area contributed by atoms with Crippen LogP contribution in [0.1, 0.15) is 43.6 Å². The van der Waals surface area contributed by atoms with Gasteiger partial charge in [0.1, 0.15) is 17.1 Å². The summed E-state index contributed by atoms with van der Waals surface area (Å²) in [5.41, 5.74) is 4.81. The Kier molecular flexibility index (Phi) is 6.18. The van der Waals surface area contributed by atoms with Gasteiger partial charge in [-0.1, -0.05) is 12.1 Å². The van der Waals surface area contributed by atoms with Crippen molar-refractivity contribution >= 4 is 39.9 Å². The summed E-state index contributed by atoms with van der Waals surface area (Å²) < 4.78 is 12.0. The van der Waals surface area contributed by atoms with Gasteiger partial charge in [-0.15, -0.1) is 11.8 Å². The van der Waals surface area contributed by atoms with Gasteiger partial charge in [0.2, 0.25) is 5.91 Å². The van der Waals surface area contributed by atoms with E-state index in [1.165, 1.54) is 18.4 Å². The lowest BCUT2D eigenvalue weighted by atomic mass is 9.94. The number of ether oxygens (including phenoxy) is 1. The van der Waals surface area contributed by atoms with E-state index in [1.807, 2.05) is 50.4 Å². The molecule has 3 aromatic rings. The highest BCUT2D eigenvalue weighted by atomic mass is 32.2. The Morgan fingerprint density at radius 2 is 2.03 bits per heavy atom. The fourth-order valence-electron chi connectivity index (χ4n) is 4.06. The average Bonchev–Trinajstić information content (AvgIpc) is 3.11. The van der Waals surface area contributed by atoms with Gasteiger partial charge in [-0.25, -0.2) is 0 Å². The molecule has 0 aliphatic heterocycles. The van der Waals surface area contributed by atoms with Crippen molar-refractivity contribution in [1.82, 2.24) is 0 Å². The second-order valence-corrected chi connectivity index (χ2v) is 8.35. The smallest absolute Gasteiger partial charge is 0.248 e. The molecule has 4 nitrogen and oxygen atoms in total. The largest absolute Gasteiger partial charge is 0.493 e. The fraction of sp³-hybridized carbons (Fsp3) is 0.320. The summed E-state index contributed by atoms with van der Waals surface area (Å²) in [5, 5.41) is 4.14. The molecule has 0 fully saturated rings. The number of para-hydroxylation sites is 1. The minimum Gasteiger partial charge on any atom is -0.493 e. The third-order valence-corrected chi connectivity index (χ3v) is 6.29. The molecule has 1 N–H and O–H groups in total. The molecule has 156 valence electrons. The van der Waals surface area contributed by atoms with E-state index in [2.05, 4.69) is 11.4 Å². The van der Waals surface area contributed by atoms with Crippen molar-refractivity contribution in [2.24, 2.45) is 0 Å². The Morgan fingerprint density at radius 3 is 2.83 bits per heavy atom. The molecule has 0 saturated heterocycles. The molecule has 2 aromatic carbocycles. The highest BCUT2D eigenvalue weighted by Gasteiger charge is 2.20. The minimum atomic E-state index is -0.147. The lowest BCUT2D eigenvalue weighted by Gasteiger charge is -2.13. The highest BCUT2D eigenvalue weighted by molar-refractivity contribution is 7.98. The number of anilines is 1. The number of thioether (sulfide) groups is 1. The molecule has 1 aliphatic rings. The van der Waals surface area contributed by atoms with Gasteiger partial charge in [0.05, 0.1) is 12.3 Å². The zero-order valence-electron chi connectivity index (χ0n) is 17.7. The van der Waals surface area contributed by atoms with Crippen LogP contribution in [0.5, 0.6) is 5.75 Å². The van der Waals surface area contributed by atoms with Crippen LogP contribution in [0.25, 0.3) is 16.5 Å². The highest BCUT2D eigenvalue weighted by Crippen LogP contribution is 2.38. The zero-order valence-corrected chi connectivity index (χ0v) is 18.5. The van der Waals surface area contributed by atoms with E-state index in [0.717, 1.165) is 57.0 Å². The van der Waals surface area contributed by atoms with Crippen LogP contribution < -0.4 is 10.1 Å². The number of furan rings is 1. The number of hydrogen-bond donors (Lipinski definition) is 1. The van der Waals surface area contributed by atoms with Gasteiger partial charge >= 0.3 is 0 Å². The van der Waals surface area contributed by atoms with E-state index in [1.54, 1.807) is 17.8 Å². The van der Waals surface area contributed by atoms with E-state index in [4.69, 9.17) is 9.15 Å². The molecule has 0 saturated carbocycles. The first kappa shape index (κ1) is 20.6. The topological polar surface area (TPSA) is 51.5 Å². The second-order valence-electron chi connectivity index (χ2n) is 7.51. The number of amides is 1. The Labute approximate surface area is 181 Å². The molecule has 1 aromatic heterocycles. The molecule has 1 amide bonds. The Morgan fingerprint density at radius 1 is 1.23 bits per heavy atom. The van der Waals surface area contributed by atoms with Crippen LogP contribution in [0.15, 0.2) is 51.8 Å². The number of carbonyl (C=O) groups is 1. The summed E-state index contributed by atoms with van der Waals surface area (Å²) in [6.07, 6.45) is 8.05. The number of allylic oxidation sites excluding steroid dienone is 1. The minimum absolute atomic E-state index is 0.147. The van der Waals surface area contributed by atoms with Gasteiger partial charge in [0.15, 0.2) is 0 Å². The maximum Gasteiger partial charge on any atom is 0.248 e. The molecule has 30 heavy (non-hydrogen) atoms. The number of aryl methyl sites for hydroxylation is 2. The molecule has 5 heteroatoms. The number of nitrogens with one attached hydrogen (secondary N) is 1. The van der Waals surface area contributed by atoms with Crippen LogP contribution in [-0.4, -0.2) is 18.8 Å². The number of rotatable bonds is 6. The molecule has 4 rings (SSSR count). The van der Waals surface area contributed by atoms with Crippen molar-refractivity contribution < 1.29 is 13.9 Å². The van der Waals surface area contributed by atoms with Crippen molar-refractivity contribution in [3.63, 3.8) is 0 Å². The number of carbonyl (C=O) groups excluding carboxylic acids is 1. The summed E-state index contributed by atoms with van der Waals surface area (Å²) in [7, 11) is 0. The molecule has 1 heterocycles. The first-order chi connectivity index (χ1) is 14.6. The molecular weight excluding hydrogens is 394 g/mol. The summed E-state index contributed by atoms with van der Waals surface area (Å²) in [6, 6.07) is 11.9. The number of fused-ring (bicyclic) bond motifs is 3. The summed E-state index contributed by atoms with van der Waals surface area (Å²) in [6.45, 7) is 4.47. The van der Waals surface area contributed by atoms with Gasteiger partial charge < -0.3 is 14.5 Å². The summed E-state index contributed by atoms with van der Waals surface area (Å²) in [5.74, 6) is 1.71. The van der Waals surface area contributed by atoms with Crippen LogP contribution >= 0.6 is 11.8 Å². The van der Waals surface area contributed by atoms with Crippen molar-refractivity contribution in [2.45, 2.75) is 44.4 Å². The number of benzene rings is 2. The van der Waals surface area contributed by atoms with E-state index in [9.17, 15) is 4.79 Å². The molecule has 0 bridgehead atoms. The SMILES string of the molecule is CCOc1cc2oc3c(c2cc1/C(C)=C/C(=O)Nc1ccccc1SC)CCCC3. The monoisotopic (exact) mass is 421 g/mol. The summed E-state index contributed by atoms with van der Waals surface area (Å²) in [4.78, 5) is 13.8. The van der Waals surface area contributed by atoms with E-state index >= 15 is 0 Å². The van der Waals surface area contributed by atoms with Crippen LogP contribution in [0.3, 0.4) is 0 Å². The van der Waals surface area contributed by atoms with Crippen molar-refractivity contribution in [1.29, 1.82) is 0 Å². The standard InChI is InChI=1S/C25H27NO3S/c1-4-28-22-15-23-19(17-9-5-7-11-21(17)29-23)14-18(22)16(2)13-25(27)26-20-10-6-8-12-24(20)30-3/h6,8,10,12-15H,4-5,7,9,11H2,1-3H3,(H,26,27)/b16-13+. The molecule has 0 spiro atoms. The molecule has 1 aliphatic carbocycles. The average molecular weight is 422 g/mol. The zero-order chi connectivity index (χ0) is 21.1. The Hall–Kier alpha value is -2.66. The lowest BCUT2D eigenvalue weighted by Crippen LogP contribution is -2.09. The molecule has 0 radical (unpaired) electrons. The van der Waals surface area contributed by atoms with Crippen molar-refractivity contribution in [2.75, 3.05) is 18.2 Å². The van der Waals surface area contributed by atoms with E-state index < -0.39 is 0 Å². The molecule has 0 atom stereocenters. The number of hydrogen-bond acceptors (Lipinski definition) is 4. The van der Waals surface area contributed by atoms with Gasteiger partial charge in [0.25, 0.3) is 0 Å². The Balaban J connectivity index is 1.69. The van der Waals surface area contributed by atoms with Crippen molar-refractivity contribution in [3.05, 3.63) is 59.4 Å². The second kappa shape index (κ2) is 9.00. The third kappa shape index (κ3) is 4.12. The van der Waals surface area contributed by atoms with Gasteiger partial charge in [0, 0.05) is 40.0 Å². The molecule has 0 unspecified atom stereocenters. The summed E-state index contributed by atoms with van der Waals surface area (Å²) >= 11 is 1.61. The predicted molar refractivity (Wildman–Crippen MR) is 125 cm³/mol. The van der Waals surface area contributed by atoms with Gasteiger partial charge in [-0.2, -0.15) is 0 Å². The van der Waals surface area contributed by atoms with E-state index in [-0.39, 0.29) is 5.91 Å². The van der Waals surface area contributed by atoms with Gasteiger partial charge in [-0.3, -0.25) is 4.79 Å². The maximum absolute atomic E-state index is 12.7. The quantitative estimate of drug-likeness (QED) is 0.366. The van der Waals surface area contributed by atoms with Crippen LogP contribution in [0.4, 0.5) is 5.69 Å². The third-order valence-electron chi connectivity index (χ3n) is 5.49. The fourth-order valence-corrected chi connectivity index (χ4v) is 4.62. The van der Waals surface area contributed by atoms with Crippen LogP contribution in [0, 0.1) is 0 Å². The Bertz CT molecular complexity index is 1110. The lowest BCUT2D eigenvalue weighted by molar-refractivity contribution is -0.111. The predicted octanol–water partition coefficient (Wildman–Crippen LogP) is 6.47. The first-order valence-electron chi connectivity index (χ1n) is 10.4. The maximum atomic E-state index is 12.7. The molecular formula is C25H27NO3S. The van der Waals surface area contributed by atoms with E-state index in [0.29, 0.717) is 6.61 Å². The normalized spacial score (nSPS) is 13.9. The first-order valence-corrected chi connectivity index (χ1v) is 11.7. The van der Waals surface area contributed by atoms with Crippen molar-refractivity contribution in [3.8, 4) is 5.75 Å². The van der Waals surface area contributed by atoms with Crippen LogP contribution in [-0.2, 0) is 17.6 Å².